The minimum atomic E-state index is -0.389. The molecule has 4 nitrogen and oxygen atoms in total. The predicted octanol–water partition coefficient (Wildman–Crippen LogP) is 5.33. The van der Waals surface area contributed by atoms with E-state index < -0.39 is 0 Å². The van der Waals surface area contributed by atoms with Crippen LogP contribution in [0.1, 0.15) is 6.92 Å². The van der Waals surface area contributed by atoms with E-state index in [1.165, 1.54) is 12.1 Å². The molecule has 0 spiro atoms. The number of hydrogen-bond acceptors (Lipinski definition) is 3. The van der Waals surface area contributed by atoms with E-state index in [9.17, 15) is 10.1 Å². The third kappa shape index (κ3) is 3.43. The number of rotatable bonds is 5. The van der Waals surface area contributed by atoms with E-state index in [2.05, 4.69) is 6.07 Å². The quantitative estimate of drug-likeness (QED) is 0.472. The average molecular weight is 319 g/mol. The summed E-state index contributed by atoms with van der Waals surface area (Å²) in [5, 5.41) is 10.8. The van der Waals surface area contributed by atoms with Crippen molar-refractivity contribution in [3.05, 3.63) is 82.9 Å². The van der Waals surface area contributed by atoms with Crippen LogP contribution in [0.5, 0.6) is 5.75 Å². The maximum atomic E-state index is 10.8. The van der Waals surface area contributed by atoms with Gasteiger partial charge in [0.2, 0.25) is 0 Å². The summed E-state index contributed by atoms with van der Waals surface area (Å²) >= 11 is 0. The van der Waals surface area contributed by atoms with E-state index in [-0.39, 0.29) is 10.6 Å². The first-order valence-electron chi connectivity index (χ1n) is 7.75. The summed E-state index contributed by atoms with van der Waals surface area (Å²) in [6.07, 6.45) is 0. The van der Waals surface area contributed by atoms with Crippen LogP contribution in [-0.4, -0.2) is 11.5 Å². The second-order valence-electron chi connectivity index (χ2n) is 5.35. The Balaban J connectivity index is 1.94. The van der Waals surface area contributed by atoms with Crippen molar-refractivity contribution in [1.29, 1.82) is 0 Å². The summed E-state index contributed by atoms with van der Waals surface area (Å²) < 4.78 is 5.55. The van der Waals surface area contributed by atoms with Gasteiger partial charge in [-0.1, -0.05) is 30.3 Å². The van der Waals surface area contributed by atoms with E-state index in [4.69, 9.17) is 4.74 Å². The highest BCUT2D eigenvalue weighted by molar-refractivity contribution is 5.74. The summed E-state index contributed by atoms with van der Waals surface area (Å²) in [5.41, 5.74) is 4.21. The average Bonchev–Trinajstić information content (AvgIpc) is 2.62. The van der Waals surface area contributed by atoms with Crippen molar-refractivity contribution in [2.75, 3.05) is 6.61 Å². The molecule has 3 aromatic carbocycles. The Labute approximate surface area is 140 Å². The van der Waals surface area contributed by atoms with Gasteiger partial charge in [0.15, 0.2) is 0 Å². The Hall–Kier alpha value is -3.14. The van der Waals surface area contributed by atoms with Gasteiger partial charge < -0.3 is 4.74 Å². The van der Waals surface area contributed by atoms with Gasteiger partial charge in [-0.05, 0) is 59.5 Å². The number of nitro groups is 1. The van der Waals surface area contributed by atoms with Crippen LogP contribution in [-0.2, 0) is 0 Å². The molecule has 0 bridgehead atoms. The SMILES string of the molecule is CCOc1cccc(-c2cccc(-c3ccc([N+](=O)[O-])cc3)c2)c1. The van der Waals surface area contributed by atoms with Crippen LogP contribution >= 0.6 is 0 Å². The molecule has 24 heavy (non-hydrogen) atoms. The highest BCUT2D eigenvalue weighted by Crippen LogP contribution is 2.29. The van der Waals surface area contributed by atoms with E-state index in [1.807, 2.05) is 49.4 Å². The maximum Gasteiger partial charge on any atom is 0.269 e. The minimum absolute atomic E-state index is 0.0966. The highest BCUT2D eigenvalue weighted by Gasteiger charge is 2.06. The molecule has 0 unspecified atom stereocenters. The molecule has 0 amide bonds. The number of benzene rings is 3. The van der Waals surface area contributed by atoms with Gasteiger partial charge in [-0.25, -0.2) is 0 Å². The number of ether oxygens (including phenoxy) is 1. The van der Waals surface area contributed by atoms with Gasteiger partial charge in [0.05, 0.1) is 11.5 Å². The smallest absolute Gasteiger partial charge is 0.269 e. The predicted molar refractivity (Wildman–Crippen MR) is 95.1 cm³/mol. The van der Waals surface area contributed by atoms with Crippen LogP contribution in [0.15, 0.2) is 72.8 Å². The van der Waals surface area contributed by atoms with Crippen LogP contribution in [0.4, 0.5) is 5.69 Å². The molecule has 0 aliphatic rings. The first kappa shape index (κ1) is 15.7. The lowest BCUT2D eigenvalue weighted by atomic mass is 9.99. The Kier molecular flexibility index (Phi) is 4.57. The van der Waals surface area contributed by atoms with Gasteiger partial charge in [-0.2, -0.15) is 0 Å². The lowest BCUT2D eigenvalue weighted by Gasteiger charge is -2.08. The summed E-state index contributed by atoms with van der Waals surface area (Å²) in [6, 6.07) is 22.7. The summed E-state index contributed by atoms with van der Waals surface area (Å²) in [7, 11) is 0. The zero-order chi connectivity index (χ0) is 16.9. The van der Waals surface area contributed by atoms with Gasteiger partial charge in [0.25, 0.3) is 5.69 Å². The molecule has 3 rings (SSSR count). The highest BCUT2D eigenvalue weighted by atomic mass is 16.6. The first-order chi connectivity index (χ1) is 11.7. The van der Waals surface area contributed by atoms with Crippen molar-refractivity contribution < 1.29 is 9.66 Å². The first-order valence-corrected chi connectivity index (χ1v) is 7.75. The van der Waals surface area contributed by atoms with E-state index in [0.29, 0.717) is 6.61 Å². The molecule has 0 atom stereocenters. The number of nitrogens with zero attached hydrogens (tertiary/aromatic N) is 1. The third-order valence-electron chi connectivity index (χ3n) is 3.75. The van der Waals surface area contributed by atoms with E-state index in [1.54, 1.807) is 12.1 Å². The van der Waals surface area contributed by atoms with Gasteiger partial charge in [-0.3, -0.25) is 10.1 Å². The lowest BCUT2D eigenvalue weighted by molar-refractivity contribution is -0.384. The Morgan fingerprint density at radius 3 is 2.04 bits per heavy atom. The lowest BCUT2D eigenvalue weighted by Crippen LogP contribution is -1.91. The maximum absolute atomic E-state index is 10.8. The third-order valence-corrected chi connectivity index (χ3v) is 3.75. The monoisotopic (exact) mass is 319 g/mol. The fourth-order valence-corrected chi connectivity index (χ4v) is 2.59. The number of non-ortho nitro benzene ring substituents is 1. The van der Waals surface area contributed by atoms with Crippen molar-refractivity contribution in [3.8, 4) is 28.0 Å². The topological polar surface area (TPSA) is 52.4 Å². The van der Waals surface area contributed by atoms with Crippen molar-refractivity contribution in [2.45, 2.75) is 6.92 Å². The largest absolute Gasteiger partial charge is 0.494 e. The molecule has 0 saturated heterocycles. The van der Waals surface area contributed by atoms with Crippen LogP contribution in [0.2, 0.25) is 0 Å². The van der Waals surface area contributed by atoms with Gasteiger partial charge in [-0.15, -0.1) is 0 Å². The summed E-state index contributed by atoms with van der Waals surface area (Å²) in [4.78, 5) is 10.4. The molecular weight excluding hydrogens is 302 g/mol. The fourth-order valence-electron chi connectivity index (χ4n) is 2.59. The molecule has 0 fully saturated rings. The number of nitro benzene ring substituents is 1. The molecule has 3 aromatic rings. The van der Waals surface area contributed by atoms with Gasteiger partial charge in [0, 0.05) is 12.1 Å². The molecule has 0 aliphatic carbocycles. The zero-order valence-electron chi connectivity index (χ0n) is 13.3. The van der Waals surface area contributed by atoms with Gasteiger partial charge in [0.1, 0.15) is 5.75 Å². The molecule has 0 radical (unpaired) electrons. The van der Waals surface area contributed by atoms with E-state index in [0.717, 1.165) is 28.0 Å². The second-order valence-corrected chi connectivity index (χ2v) is 5.35. The molecular formula is C20H17NO3. The Morgan fingerprint density at radius 1 is 0.833 bits per heavy atom. The number of hydrogen-bond donors (Lipinski definition) is 0. The summed E-state index contributed by atoms with van der Waals surface area (Å²) in [6.45, 7) is 2.59. The Morgan fingerprint density at radius 2 is 1.42 bits per heavy atom. The molecule has 0 aliphatic heterocycles. The molecule has 120 valence electrons. The minimum Gasteiger partial charge on any atom is -0.494 e. The Bertz CT molecular complexity index is 857. The van der Waals surface area contributed by atoms with Crippen molar-refractivity contribution in [2.24, 2.45) is 0 Å². The van der Waals surface area contributed by atoms with Crippen molar-refractivity contribution in [1.82, 2.24) is 0 Å². The van der Waals surface area contributed by atoms with Crippen LogP contribution in [0.25, 0.3) is 22.3 Å². The van der Waals surface area contributed by atoms with Crippen LogP contribution in [0.3, 0.4) is 0 Å². The summed E-state index contributed by atoms with van der Waals surface area (Å²) in [5.74, 6) is 0.843. The zero-order valence-corrected chi connectivity index (χ0v) is 13.3. The molecule has 0 aromatic heterocycles. The molecule has 0 heterocycles. The molecule has 0 N–H and O–H groups in total. The molecule has 0 saturated carbocycles. The second kappa shape index (κ2) is 6.96. The molecule has 4 heteroatoms. The van der Waals surface area contributed by atoms with Gasteiger partial charge >= 0.3 is 0 Å². The van der Waals surface area contributed by atoms with E-state index >= 15 is 0 Å². The van der Waals surface area contributed by atoms with Crippen LogP contribution < -0.4 is 4.74 Å². The fraction of sp³-hybridized carbons (Fsp3) is 0.100. The normalized spacial score (nSPS) is 10.4. The van der Waals surface area contributed by atoms with Crippen molar-refractivity contribution in [3.63, 3.8) is 0 Å². The van der Waals surface area contributed by atoms with Crippen LogP contribution in [0, 0.1) is 10.1 Å². The van der Waals surface area contributed by atoms with Crippen molar-refractivity contribution >= 4 is 5.69 Å². The standard InChI is InChI=1S/C20H17NO3/c1-2-24-20-8-4-7-18(14-20)17-6-3-5-16(13-17)15-9-11-19(12-10-15)21(22)23/h3-14H,2H2,1H3.